The number of rotatable bonds is 10. The molecule has 0 aromatic heterocycles. The molecule has 7 heteroatoms. The van der Waals surface area contributed by atoms with E-state index in [-0.39, 0.29) is 11.8 Å². The van der Waals surface area contributed by atoms with Gasteiger partial charge in [0.25, 0.3) is 0 Å². The minimum absolute atomic E-state index is 0.0518. The van der Waals surface area contributed by atoms with Gasteiger partial charge in [0.2, 0.25) is 11.8 Å². The fourth-order valence-corrected chi connectivity index (χ4v) is 4.00. The van der Waals surface area contributed by atoms with E-state index in [1.54, 1.807) is 11.8 Å². The zero-order valence-electron chi connectivity index (χ0n) is 17.5. The molecule has 2 amide bonds. The molecule has 0 saturated carbocycles. The maximum Gasteiger partial charge on any atom is 0.242 e. The van der Waals surface area contributed by atoms with Crippen LogP contribution in [0.2, 0.25) is 5.02 Å². The first-order chi connectivity index (χ1) is 14.3. The fourth-order valence-electron chi connectivity index (χ4n) is 2.74. The zero-order chi connectivity index (χ0) is 22.1. The molecule has 0 aliphatic heterocycles. The van der Waals surface area contributed by atoms with Crippen LogP contribution in [0, 0.1) is 5.92 Å². The van der Waals surface area contributed by atoms with Gasteiger partial charge in [-0.25, -0.2) is 0 Å². The van der Waals surface area contributed by atoms with Crippen LogP contribution in [0.1, 0.15) is 31.9 Å². The molecule has 0 unspecified atom stereocenters. The number of amides is 2. The maximum absolute atomic E-state index is 13.0. The first-order valence-corrected chi connectivity index (χ1v) is 12.2. The summed E-state index contributed by atoms with van der Waals surface area (Å²) in [5.41, 5.74) is 2.09. The lowest BCUT2D eigenvalue weighted by atomic mass is 10.1. The van der Waals surface area contributed by atoms with E-state index in [1.807, 2.05) is 62.4 Å². The van der Waals surface area contributed by atoms with Crippen molar-refractivity contribution < 1.29 is 9.59 Å². The van der Waals surface area contributed by atoms with E-state index in [1.165, 1.54) is 11.8 Å². The van der Waals surface area contributed by atoms with E-state index in [0.717, 1.165) is 15.6 Å². The predicted molar refractivity (Wildman–Crippen MR) is 130 cm³/mol. The maximum atomic E-state index is 13.0. The van der Waals surface area contributed by atoms with Gasteiger partial charge >= 0.3 is 0 Å². The number of nitrogens with one attached hydrogen (secondary N) is 1. The molecule has 0 spiro atoms. The van der Waals surface area contributed by atoms with Crippen molar-refractivity contribution in [1.82, 2.24) is 10.2 Å². The van der Waals surface area contributed by atoms with E-state index in [0.29, 0.717) is 35.5 Å². The van der Waals surface area contributed by atoms with Crippen LogP contribution in [0.25, 0.3) is 0 Å². The van der Waals surface area contributed by atoms with Crippen molar-refractivity contribution in [2.45, 2.75) is 39.1 Å². The molecule has 0 aliphatic carbocycles. The third-order valence-corrected chi connectivity index (χ3v) is 6.29. The summed E-state index contributed by atoms with van der Waals surface area (Å²) in [5.74, 6) is 1.19. The lowest BCUT2D eigenvalue weighted by Crippen LogP contribution is -2.48. The Labute approximate surface area is 196 Å². The summed E-state index contributed by atoms with van der Waals surface area (Å²) in [7, 11) is 0. The number of benzene rings is 2. The second-order valence-corrected chi connectivity index (χ2v) is 9.92. The summed E-state index contributed by atoms with van der Waals surface area (Å²) in [6.07, 6.45) is 0. The van der Waals surface area contributed by atoms with E-state index in [9.17, 15) is 9.59 Å². The Bertz CT molecular complexity index is 828. The van der Waals surface area contributed by atoms with Gasteiger partial charge in [-0.05, 0) is 48.2 Å². The fraction of sp³-hybridized carbons (Fsp3) is 0.391. The topological polar surface area (TPSA) is 49.4 Å². The first kappa shape index (κ1) is 24.8. The van der Waals surface area contributed by atoms with Crippen LogP contribution in [0.5, 0.6) is 0 Å². The van der Waals surface area contributed by atoms with Crippen molar-refractivity contribution in [2.75, 3.05) is 12.3 Å². The standard InChI is InChI=1S/C23H28BrClN2O2S/c1-16(2)12-26-23(29)17(3)27(13-18-4-8-20(24)9-5-18)22(28)15-30-14-19-6-10-21(25)11-7-19/h4-11,16-17H,12-15H2,1-3H3,(H,26,29)/t17-/m0/s1. The molecule has 162 valence electrons. The summed E-state index contributed by atoms with van der Waals surface area (Å²) >= 11 is 10.9. The second kappa shape index (κ2) is 12.4. The molecule has 0 saturated heterocycles. The van der Waals surface area contributed by atoms with Crippen LogP contribution in [0.4, 0.5) is 0 Å². The normalized spacial score (nSPS) is 11.9. The molecule has 1 N–H and O–H groups in total. The number of hydrogen-bond acceptors (Lipinski definition) is 3. The summed E-state index contributed by atoms with van der Waals surface area (Å²) in [6, 6.07) is 14.9. The molecule has 0 radical (unpaired) electrons. The minimum atomic E-state index is -0.545. The number of hydrogen-bond donors (Lipinski definition) is 1. The van der Waals surface area contributed by atoms with Crippen LogP contribution < -0.4 is 5.32 Å². The molecule has 2 aromatic carbocycles. The van der Waals surface area contributed by atoms with E-state index in [2.05, 4.69) is 21.2 Å². The van der Waals surface area contributed by atoms with Gasteiger partial charge in [0.1, 0.15) is 6.04 Å². The van der Waals surface area contributed by atoms with Crippen LogP contribution in [0.15, 0.2) is 53.0 Å². The van der Waals surface area contributed by atoms with Crippen molar-refractivity contribution in [2.24, 2.45) is 5.92 Å². The molecule has 0 aliphatic rings. The van der Waals surface area contributed by atoms with Gasteiger partial charge in [-0.2, -0.15) is 0 Å². The third-order valence-electron chi connectivity index (χ3n) is 4.53. The largest absolute Gasteiger partial charge is 0.354 e. The summed E-state index contributed by atoms with van der Waals surface area (Å²) in [4.78, 5) is 27.3. The monoisotopic (exact) mass is 510 g/mol. The average molecular weight is 512 g/mol. The van der Waals surface area contributed by atoms with Gasteiger partial charge in [0, 0.05) is 28.3 Å². The number of nitrogens with zero attached hydrogens (tertiary/aromatic N) is 1. The van der Waals surface area contributed by atoms with Crippen LogP contribution in [-0.2, 0) is 21.9 Å². The Balaban J connectivity index is 2.04. The van der Waals surface area contributed by atoms with Crippen LogP contribution in [0.3, 0.4) is 0 Å². The van der Waals surface area contributed by atoms with Gasteiger partial charge in [0.15, 0.2) is 0 Å². The van der Waals surface area contributed by atoms with E-state index < -0.39 is 6.04 Å². The van der Waals surface area contributed by atoms with Gasteiger partial charge in [-0.3, -0.25) is 9.59 Å². The summed E-state index contributed by atoms with van der Waals surface area (Å²) < 4.78 is 0.977. The Morgan fingerprint density at radius 1 is 1.03 bits per heavy atom. The van der Waals surface area contributed by atoms with Gasteiger partial charge in [0.05, 0.1) is 5.75 Å². The molecule has 1 atom stereocenters. The second-order valence-electron chi connectivity index (χ2n) is 7.58. The van der Waals surface area contributed by atoms with Crippen molar-refractivity contribution in [3.05, 3.63) is 69.2 Å². The van der Waals surface area contributed by atoms with Crippen molar-refractivity contribution in [3.63, 3.8) is 0 Å². The first-order valence-electron chi connectivity index (χ1n) is 9.90. The van der Waals surface area contributed by atoms with E-state index in [4.69, 9.17) is 11.6 Å². The van der Waals surface area contributed by atoms with Crippen LogP contribution in [-0.4, -0.2) is 35.1 Å². The highest BCUT2D eigenvalue weighted by Crippen LogP contribution is 2.18. The Morgan fingerprint density at radius 2 is 1.63 bits per heavy atom. The van der Waals surface area contributed by atoms with Gasteiger partial charge in [-0.1, -0.05) is 65.6 Å². The number of halogens is 2. The van der Waals surface area contributed by atoms with Gasteiger partial charge in [-0.15, -0.1) is 11.8 Å². The Kier molecular flexibility index (Phi) is 10.2. The average Bonchev–Trinajstić information content (AvgIpc) is 2.72. The quantitative estimate of drug-likeness (QED) is 0.456. The lowest BCUT2D eigenvalue weighted by Gasteiger charge is -2.29. The Hall–Kier alpha value is -1.50. The van der Waals surface area contributed by atoms with E-state index >= 15 is 0 Å². The number of thioether (sulfide) groups is 1. The molecule has 30 heavy (non-hydrogen) atoms. The highest BCUT2D eigenvalue weighted by atomic mass is 79.9. The van der Waals surface area contributed by atoms with Gasteiger partial charge < -0.3 is 10.2 Å². The molecule has 0 bridgehead atoms. The van der Waals surface area contributed by atoms with Crippen molar-refractivity contribution in [3.8, 4) is 0 Å². The van der Waals surface area contributed by atoms with Crippen LogP contribution >= 0.6 is 39.3 Å². The van der Waals surface area contributed by atoms with Crippen molar-refractivity contribution in [1.29, 1.82) is 0 Å². The smallest absolute Gasteiger partial charge is 0.242 e. The summed E-state index contributed by atoms with van der Waals surface area (Å²) in [5, 5.41) is 3.64. The molecule has 2 rings (SSSR count). The molecule has 0 heterocycles. The Morgan fingerprint density at radius 3 is 2.23 bits per heavy atom. The summed E-state index contributed by atoms with van der Waals surface area (Å²) in [6.45, 7) is 6.86. The minimum Gasteiger partial charge on any atom is -0.354 e. The molecule has 2 aromatic rings. The predicted octanol–water partition coefficient (Wildman–Crippen LogP) is 5.53. The molecular weight excluding hydrogens is 484 g/mol. The molecule has 0 fully saturated rings. The SMILES string of the molecule is CC(C)CNC(=O)[C@H](C)N(Cc1ccc(Br)cc1)C(=O)CSCc1ccc(Cl)cc1. The molecule has 4 nitrogen and oxygen atoms in total. The highest BCUT2D eigenvalue weighted by Gasteiger charge is 2.26. The highest BCUT2D eigenvalue weighted by molar-refractivity contribution is 9.10. The number of carbonyl (C=O) groups excluding carboxylic acids is 2. The molecular formula is C23H28BrClN2O2S. The van der Waals surface area contributed by atoms with Crippen molar-refractivity contribution >= 4 is 51.1 Å². The third kappa shape index (κ3) is 8.32. The zero-order valence-corrected chi connectivity index (χ0v) is 20.7. The lowest BCUT2D eigenvalue weighted by molar-refractivity contribution is -0.138. The number of carbonyl (C=O) groups is 2.